The first-order valence-corrected chi connectivity index (χ1v) is 13.7. The lowest BCUT2D eigenvalue weighted by Gasteiger charge is -2.30. The maximum Gasteiger partial charge on any atom is 0.416 e. The summed E-state index contributed by atoms with van der Waals surface area (Å²) in [7, 11) is 0. The zero-order valence-corrected chi connectivity index (χ0v) is 23.5. The molecular weight excluding hydrogens is 529 g/mol. The number of fused-ring (bicyclic) bond motifs is 1. The van der Waals surface area contributed by atoms with E-state index in [0.717, 1.165) is 40.6 Å². The van der Waals surface area contributed by atoms with Gasteiger partial charge in [-0.25, -0.2) is 4.79 Å². The number of carbonyl (C=O) groups is 2. The molecule has 0 saturated heterocycles. The van der Waals surface area contributed by atoms with Gasteiger partial charge >= 0.3 is 12.2 Å². The number of alkyl halides is 3. The summed E-state index contributed by atoms with van der Waals surface area (Å²) >= 11 is 0. The number of amides is 3. The van der Waals surface area contributed by atoms with E-state index in [0.29, 0.717) is 24.2 Å². The Morgan fingerprint density at radius 3 is 2.37 bits per heavy atom. The Kier molecular flexibility index (Phi) is 9.37. The Hall–Kier alpha value is -4.27. The number of carbonyl (C=O) groups excluding carboxylic acids is 2. The summed E-state index contributed by atoms with van der Waals surface area (Å²) in [6.07, 6.45) is -1.17. The number of benzene rings is 3. The average Bonchev–Trinajstić information content (AvgIpc) is 3.36. The third-order valence-corrected chi connectivity index (χ3v) is 7.11. The number of aromatic amines is 1. The second-order valence-corrected chi connectivity index (χ2v) is 10.3. The number of H-pyrrole nitrogens is 1. The maximum absolute atomic E-state index is 13.7. The average molecular weight is 565 g/mol. The molecule has 0 aliphatic carbocycles. The molecule has 0 atom stereocenters. The van der Waals surface area contributed by atoms with Gasteiger partial charge in [0, 0.05) is 41.9 Å². The Labute approximate surface area is 238 Å². The van der Waals surface area contributed by atoms with Crippen molar-refractivity contribution in [2.24, 2.45) is 0 Å². The van der Waals surface area contributed by atoms with Crippen molar-refractivity contribution in [3.8, 4) is 0 Å². The molecular formula is C32H35F3N4O2. The Morgan fingerprint density at radius 1 is 0.951 bits per heavy atom. The van der Waals surface area contributed by atoms with Crippen LogP contribution >= 0.6 is 0 Å². The minimum atomic E-state index is -4.44. The van der Waals surface area contributed by atoms with Crippen LogP contribution in [0.15, 0.2) is 79.0 Å². The molecule has 0 spiro atoms. The number of urea groups is 1. The van der Waals surface area contributed by atoms with E-state index in [-0.39, 0.29) is 25.0 Å². The van der Waals surface area contributed by atoms with E-state index in [1.165, 1.54) is 17.0 Å². The molecule has 3 aromatic carbocycles. The van der Waals surface area contributed by atoms with E-state index < -0.39 is 17.8 Å². The van der Waals surface area contributed by atoms with Crippen molar-refractivity contribution in [1.29, 1.82) is 0 Å². The van der Waals surface area contributed by atoms with Crippen molar-refractivity contribution in [3.05, 3.63) is 101 Å². The first-order valence-electron chi connectivity index (χ1n) is 13.7. The molecule has 0 unspecified atom stereocenters. The Bertz CT molecular complexity index is 1480. The van der Waals surface area contributed by atoms with E-state index in [1.54, 1.807) is 11.0 Å². The van der Waals surface area contributed by atoms with Crippen molar-refractivity contribution < 1.29 is 22.8 Å². The van der Waals surface area contributed by atoms with E-state index in [9.17, 15) is 22.8 Å². The molecule has 0 aliphatic rings. The van der Waals surface area contributed by atoms with Gasteiger partial charge in [0.1, 0.15) is 6.54 Å². The highest BCUT2D eigenvalue weighted by atomic mass is 19.4. The molecule has 41 heavy (non-hydrogen) atoms. The standard InChI is InChI=1S/C32H35F3N4O2/c1-4-23-8-7-9-27(18-23)37-31(41)39(22(2)3)21-30(40)38(20-24-12-14-26(15-13-24)32(33,34)35)17-16-25-19-36-29-11-6-5-10-28(25)29/h5-15,18-19,22,36H,4,16-17,20-21H2,1-3H3,(H,37,41). The normalized spacial score (nSPS) is 11.6. The van der Waals surface area contributed by atoms with Crippen LogP contribution in [0, 0.1) is 0 Å². The lowest BCUT2D eigenvalue weighted by Crippen LogP contribution is -2.47. The highest BCUT2D eigenvalue weighted by Gasteiger charge is 2.30. The zero-order chi connectivity index (χ0) is 29.6. The molecule has 1 aromatic heterocycles. The Morgan fingerprint density at radius 2 is 1.68 bits per heavy atom. The van der Waals surface area contributed by atoms with Crippen LogP contribution in [-0.4, -0.2) is 45.9 Å². The van der Waals surface area contributed by atoms with Gasteiger partial charge in [-0.1, -0.05) is 49.4 Å². The molecule has 3 amide bonds. The van der Waals surface area contributed by atoms with Gasteiger partial charge in [-0.2, -0.15) is 13.2 Å². The molecule has 0 saturated carbocycles. The maximum atomic E-state index is 13.7. The van der Waals surface area contributed by atoms with Crippen molar-refractivity contribution in [3.63, 3.8) is 0 Å². The largest absolute Gasteiger partial charge is 0.416 e. The summed E-state index contributed by atoms with van der Waals surface area (Å²) in [5.74, 6) is -0.295. The van der Waals surface area contributed by atoms with Gasteiger partial charge in [0.25, 0.3) is 0 Å². The predicted molar refractivity (Wildman–Crippen MR) is 156 cm³/mol. The van der Waals surface area contributed by atoms with Gasteiger partial charge in [0.05, 0.1) is 5.56 Å². The van der Waals surface area contributed by atoms with Crippen LogP contribution in [0.3, 0.4) is 0 Å². The van der Waals surface area contributed by atoms with Gasteiger partial charge in [0.2, 0.25) is 5.91 Å². The van der Waals surface area contributed by atoms with Crippen LogP contribution in [0.2, 0.25) is 0 Å². The number of halogens is 3. The second-order valence-electron chi connectivity index (χ2n) is 10.3. The van der Waals surface area contributed by atoms with Gasteiger partial charge in [0.15, 0.2) is 0 Å². The Balaban J connectivity index is 1.53. The molecule has 0 bridgehead atoms. The molecule has 216 valence electrons. The number of anilines is 1. The minimum Gasteiger partial charge on any atom is -0.361 e. The number of rotatable bonds is 10. The zero-order valence-electron chi connectivity index (χ0n) is 23.5. The minimum absolute atomic E-state index is 0.116. The molecule has 6 nitrogen and oxygen atoms in total. The number of hydrogen-bond donors (Lipinski definition) is 2. The number of nitrogens with zero attached hydrogens (tertiary/aromatic N) is 2. The summed E-state index contributed by atoms with van der Waals surface area (Å²) in [6.45, 7) is 5.97. The summed E-state index contributed by atoms with van der Waals surface area (Å²) in [5.41, 5.74) is 3.57. The first-order chi connectivity index (χ1) is 19.5. The summed E-state index contributed by atoms with van der Waals surface area (Å²) in [4.78, 5) is 33.2. The number of aromatic nitrogens is 1. The number of aryl methyl sites for hydroxylation is 1. The predicted octanol–water partition coefficient (Wildman–Crippen LogP) is 7.26. The van der Waals surface area contributed by atoms with Gasteiger partial charge in [-0.15, -0.1) is 0 Å². The quantitative estimate of drug-likeness (QED) is 0.213. The molecule has 0 fully saturated rings. The van der Waals surface area contributed by atoms with Crippen molar-refractivity contribution in [2.75, 3.05) is 18.4 Å². The highest BCUT2D eigenvalue weighted by Crippen LogP contribution is 2.29. The van der Waals surface area contributed by atoms with E-state index in [1.807, 2.05) is 69.4 Å². The highest BCUT2D eigenvalue weighted by molar-refractivity contribution is 5.92. The molecule has 9 heteroatoms. The van der Waals surface area contributed by atoms with E-state index >= 15 is 0 Å². The topological polar surface area (TPSA) is 68.4 Å². The first kappa shape index (κ1) is 29.7. The van der Waals surface area contributed by atoms with E-state index in [4.69, 9.17) is 0 Å². The lowest BCUT2D eigenvalue weighted by atomic mass is 10.1. The van der Waals surface area contributed by atoms with Crippen molar-refractivity contribution in [2.45, 2.75) is 52.4 Å². The lowest BCUT2D eigenvalue weighted by molar-refractivity contribution is -0.137. The summed E-state index contributed by atoms with van der Waals surface area (Å²) in [6, 6.07) is 19.6. The van der Waals surface area contributed by atoms with Crippen LogP contribution in [-0.2, 0) is 30.4 Å². The number of nitrogens with one attached hydrogen (secondary N) is 2. The van der Waals surface area contributed by atoms with Gasteiger partial charge in [-0.3, -0.25) is 4.79 Å². The fourth-order valence-corrected chi connectivity index (χ4v) is 4.70. The van der Waals surface area contributed by atoms with Gasteiger partial charge in [-0.05, 0) is 73.7 Å². The third-order valence-electron chi connectivity index (χ3n) is 7.11. The van der Waals surface area contributed by atoms with Crippen molar-refractivity contribution in [1.82, 2.24) is 14.8 Å². The van der Waals surface area contributed by atoms with Crippen LogP contribution < -0.4 is 5.32 Å². The fraction of sp³-hybridized carbons (Fsp3) is 0.312. The summed E-state index contributed by atoms with van der Waals surface area (Å²) in [5, 5.41) is 3.94. The van der Waals surface area contributed by atoms with Gasteiger partial charge < -0.3 is 20.1 Å². The third kappa shape index (κ3) is 7.68. The SMILES string of the molecule is CCc1cccc(NC(=O)N(CC(=O)N(CCc2c[nH]c3ccccc23)Cc2ccc(C(F)(F)F)cc2)C(C)C)c1. The summed E-state index contributed by atoms with van der Waals surface area (Å²) < 4.78 is 39.3. The fourth-order valence-electron chi connectivity index (χ4n) is 4.70. The number of para-hydroxylation sites is 1. The number of hydrogen-bond acceptors (Lipinski definition) is 2. The van der Waals surface area contributed by atoms with Crippen LogP contribution in [0.4, 0.5) is 23.7 Å². The molecule has 0 radical (unpaired) electrons. The molecule has 1 heterocycles. The molecule has 4 rings (SSSR count). The van der Waals surface area contributed by atoms with Crippen LogP contribution in [0.1, 0.15) is 43.0 Å². The van der Waals surface area contributed by atoms with Crippen LogP contribution in [0.5, 0.6) is 0 Å². The molecule has 2 N–H and O–H groups in total. The monoisotopic (exact) mass is 564 g/mol. The van der Waals surface area contributed by atoms with E-state index in [2.05, 4.69) is 10.3 Å². The van der Waals surface area contributed by atoms with Crippen LogP contribution in [0.25, 0.3) is 10.9 Å². The second kappa shape index (κ2) is 12.9. The van der Waals surface area contributed by atoms with Crippen molar-refractivity contribution >= 4 is 28.5 Å². The molecule has 0 aliphatic heterocycles. The molecule has 4 aromatic rings. The smallest absolute Gasteiger partial charge is 0.361 e.